The third-order valence-electron chi connectivity index (χ3n) is 2.89. The van der Waals surface area contributed by atoms with Crippen LogP contribution in [0, 0.1) is 6.92 Å². The van der Waals surface area contributed by atoms with Gasteiger partial charge in [-0.25, -0.2) is 0 Å². The predicted octanol–water partition coefficient (Wildman–Crippen LogP) is 1.42. The van der Waals surface area contributed by atoms with Crippen molar-refractivity contribution >= 4 is 23.4 Å². The van der Waals surface area contributed by atoms with Crippen molar-refractivity contribution in [3.8, 4) is 5.75 Å². The zero-order valence-corrected chi connectivity index (χ0v) is 12.0. The topological polar surface area (TPSA) is 67.4 Å². The summed E-state index contributed by atoms with van der Waals surface area (Å²) < 4.78 is 5.33. The molecule has 2 rings (SSSR count). The van der Waals surface area contributed by atoms with E-state index < -0.39 is 0 Å². The van der Waals surface area contributed by atoms with Gasteiger partial charge in [0, 0.05) is 11.1 Å². The minimum atomic E-state index is -0.330. The van der Waals surface area contributed by atoms with E-state index in [-0.39, 0.29) is 25.0 Å². The highest BCUT2D eigenvalue weighted by atomic mass is 35.5. The van der Waals surface area contributed by atoms with Gasteiger partial charge in [-0.2, -0.15) is 0 Å². The van der Waals surface area contributed by atoms with Crippen molar-refractivity contribution in [2.24, 2.45) is 0 Å². The summed E-state index contributed by atoms with van der Waals surface area (Å²) in [7, 11) is 0. The van der Waals surface area contributed by atoms with E-state index in [9.17, 15) is 9.59 Å². The minimum Gasteiger partial charge on any atom is -0.484 e. The number of amides is 2. The first kappa shape index (κ1) is 14.7. The fraction of sp³-hybridized carbons (Fsp3) is 0.429. The molecule has 0 radical (unpaired) electrons. The molecule has 0 bridgehead atoms. The Morgan fingerprint density at radius 3 is 2.75 bits per heavy atom. The van der Waals surface area contributed by atoms with Crippen LogP contribution in [-0.2, 0) is 9.59 Å². The lowest BCUT2D eigenvalue weighted by atomic mass is 10.2. The van der Waals surface area contributed by atoms with Crippen molar-refractivity contribution in [2.45, 2.75) is 25.8 Å². The summed E-state index contributed by atoms with van der Waals surface area (Å²) in [6.07, 6.45) is 2.05. The van der Waals surface area contributed by atoms with Crippen LogP contribution < -0.4 is 15.4 Å². The number of ether oxygens (including phenoxy) is 1. The lowest BCUT2D eigenvalue weighted by Gasteiger charge is -2.08. The van der Waals surface area contributed by atoms with Crippen LogP contribution in [-0.4, -0.2) is 31.0 Å². The van der Waals surface area contributed by atoms with Crippen LogP contribution >= 0.6 is 11.6 Å². The maximum atomic E-state index is 11.5. The van der Waals surface area contributed by atoms with Crippen LogP contribution in [0.1, 0.15) is 18.4 Å². The van der Waals surface area contributed by atoms with E-state index in [0.29, 0.717) is 16.8 Å². The van der Waals surface area contributed by atoms with Crippen LogP contribution in [0.3, 0.4) is 0 Å². The quantitative estimate of drug-likeness (QED) is 0.834. The molecule has 0 spiro atoms. The van der Waals surface area contributed by atoms with Gasteiger partial charge in [0.25, 0.3) is 5.91 Å². The Hall–Kier alpha value is -1.75. The number of hydrogen-bond acceptors (Lipinski definition) is 3. The molecule has 1 aliphatic rings. The van der Waals surface area contributed by atoms with Crippen LogP contribution in [0.5, 0.6) is 5.75 Å². The van der Waals surface area contributed by atoms with E-state index in [1.807, 2.05) is 6.92 Å². The van der Waals surface area contributed by atoms with Gasteiger partial charge in [-0.3, -0.25) is 9.59 Å². The highest BCUT2D eigenvalue weighted by molar-refractivity contribution is 6.31. The maximum Gasteiger partial charge on any atom is 0.258 e. The molecular formula is C14H17ClN2O3. The van der Waals surface area contributed by atoms with Gasteiger partial charge in [0.05, 0.1) is 6.54 Å². The number of benzene rings is 1. The molecule has 20 heavy (non-hydrogen) atoms. The number of aryl methyl sites for hydroxylation is 1. The molecule has 1 saturated carbocycles. The lowest BCUT2D eigenvalue weighted by molar-refractivity contribution is -0.127. The Balaban J connectivity index is 1.68. The van der Waals surface area contributed by atoms with Gasteiger partial charge in [-0.15, -0.1) is 0 Å². The van der Waals surface area contributed by atoms with Gasteiger partial charge in [0.1, 0.15) is 5.75 Å². The molecule has 1 aromatic carbocycles. The predicted molar refractivity (Wildman–Crippen MR) is 75.9 cm³/mol. The fourth-order valence-electron chi connectivity index (χ4n) is 1.59. The van der Waals surface area contributed by atoms with Gasteiger partial charge in [0.2, 0.25) is 5.91 Å². The Kier molecular flexibility index (Phi) is 4.84. The summed E-state index contributed by atoms with van der Waals surface area (Å²) in [5.41, 5.74) is 0.883. The Morgan fingerprint density at radius 1 is 1.35 bits per heavy atom. The van der Waals surface area contributed by atoms with Crippen LogP contribution in [0.2, 0.25) is 5.02 Å². The molecule has 0 aliphatic heterocycles. The molecule has 0 aromatic heterocycles. The molecule has 0 saturated heterocycles. The van der Waals surface area contributed by atoms with E-state index in [1.54, 1.807) is 18.2 Å². The van der Waals surface area contributed by atoms with E-state index in [0.717, 1.165) is 18.4 Å². The lowest BCUT2D eigenvalue weighted by Crippen LogP contribution is -2.39. The second-order valence-electron chi connectivity index (χ2n) is 4.82. The SMILES string of the molecule is Cc1cc(OCC(=O)NCC(=O)NC2CC2)ccc1Cl. The fourth-order valence-corrected chi connectivity index (χ4v) is 1.71. The van der Waals surface area contributed by atoms with E-state index in [4.69, 9.17) is 16.3 Å². The van der Waals surface area contributed by atoms with Gasteiger partial charge < -0.3 is 15.4 Å². The molecular weight excluding hydrogens is 280 g/mol. The molecule has 1 fully saturated rings. The van der Waals surface area contributed by atoms with Crippen LogP contribution in [0.15, 0.2) is 18.2 Å². The number of rotatable bonds is 6. The average Bonchev–Trinajstić information content (AvgIpc) is 3.21. The molecule has 0 unspecified atom stereocenters. The maximum absolute atomic E-state index is 11.5. The van der Waals surface area contributed by atoms with Gasteiger partial charge in [-0.1, -0.05) is 11.6 Å². The molecule has 0 atom stereocenters. The second-order valence-corrected chi connectivity index (χ2v) is 5.23. The van der Waals surface area contributed by atoms with Crippen molar-refractivity contribution in [3.05, 3.63) is 28.8 Å². The highest BCUT2D eigenvalue weighted by Gasteiger charge is 2.23. The monoisotopic (exact) mass is 296 g/mol. The van der Waals surface area contributed by atoms with Gasteiger partial charge in [0.15, 0.2) is 6.61 Å². The number of halogens is 1. The molecule has 1 aromatic rings. The van der Waals surface area contributed by atoms with Crippen molar-refractivity contribution in [2.75, 3.05) is 13.2 Å². The first-order valence-electron chi connectivity index (χ1n) is 6.49. The Bertz CT molecular complexity index is 515. The van der Waals surface area contributed by atoms with Crippen molar-refractivity contribution in [1.82, 2.24) is 10.6 Å². The summed E-state index contributed by atoms with van der Waals surface area (Å²) >= 11 is 5.90. The standard InChI is InChI=1S/C14H17ClN2O3/c1-9-6-11(4-5-12(9)15)20-8-14(19)16-7-13(18)17-10-2-3-10/h4-6,10H,2-3,7-8H2,1H3,(H,16,19)(H,17,18). The third-order valence-corrected chi connectivity index (χ3v) is 3.31. The van der Waals surface area contributed by atoms with Crippen molar-refractivity contribution < 1.29 is 14.3 Å². The summed E-state index contributed by atoms with van der Waals surface area (Å²) in [4.78, 5) is 22.9. The second kappa shape index (κ2) is 6.61. The highest BCUT2D eigenvalue weighted by Crippen LogP contribution is 2.20. The largest absolute Gasteiger partial charge is 0.484 e. The number of hydrogen-bond donors (Lipinski definition) is 2. The van der Waals surface area contributed by atoms with E-state index in [1.165, 1.54) is 0 Å². The number of carbonyl (C=O) groups is 2. The van der Waals surface area contributed by atoms with Crippen molar-refractivity contribution in [1.29, 1.82) is 0 Å². The van der Waals surface area contributed by atoms with E-state index in [2.05, 4.69) is 10.6 Å². The molecule has 1 aliphatic carbocycles. The zero-order valence-electron chi connectivity index (χ0n) is 11.2. The first-order chi connectivity index (χ1) is 9.54. The minimum absolute atomic E-state index is 0.0155. The zero-order chi connectivity index (χ0) is 14.5. The summed E-state index contributed by atoms with van der Waals surface area (Å²) in [5, 5.41) is 5.95. The smallest absolute Gasteiger partial charge is 0.258 e. The number of nitrogens with one attached hydrogen (secondary N) is 2. The van der Waals surface area contributed by atoms with Crippen LogP contribution in [0.25, 0.3) is 0 Å². The molecule has 108 valence electrons. The molecule has 0 heterocycles. The Labute approximate surface area is 122 Å². The van der Waals surface area contributed by atoms with Crippen molar-refractivity contribution in [3.63, 3.8) is 0 Å². The normalized spacial score (nSPS) is 13.7. The summed E-state index contributed by atoms with van der Waals surface area (Å²) in [5.74, 6) is 0.0798. The number of carbonyl (C=O) groups excluding carboxylic acids is 2. The molecule has 6 heteroatoms. The molecule has 5 nitrogen and oxygen atoms in total. The molecule has 2 amide bonds. The van der Waals surface area contributed by atoms with E-state index >= 15 is 0 Å². The Morgan fingerprint density at radius 2 is 2.10 bits per heavy atom. The first-order valence-corrected chi connectivity index (χ1v) is 6.87. The van der Waals surface area contributed by atoms with Crippen LogP contribution in [0.4, 0.5) is 0 Å². The average molecular weight is 297 g/mol. The summed E-state index contributed by atoms with van der Waals surface area (Å²) in [6.45, 7) is 1.72. The van der Waals surface area contributed by atoms with Gasteiger partial charge in [-0.05, 0) is 43.5 Å². The third kappa shape index (κ3) is 4.74. The molecule has 2 N–H and O–H groups in total. The summed E-state index contributed by atoms with van der Waals surface area (Å²) in [6, 6.07) is 5.47. The van der Waals surface area contributed by atoms with Gasteiger partial charge >= 0.3 is 0 Å².